The van der Waals surface area contributed by atoms with Crippen LogP contribution in [-0.4, -0.2) is 0 Å². The Morgan fingerprint density at radius 2 is 1.50 bits per heavy atom. The van der Waals surface area contributed by atoms with Gasteiger partial charge in [0.1, 0.15) is 0 Å². The van der Waals surface area contributed by atoms with Crippen LogP contribution in [0.5, 0.6) is 0 Å². The molecule has 3 rings (SSSR count). The van der Waals surface area contributed by atoms with Gasteiger partial charge >= 0.3 is 0 Å². The molecule has 0 aliphatic rings. The molecule has 3 aromatic carbocycles. The molecule has 0 aliphatic heterocycles. The van der Waals surface area contributed by atoms with Gasteiger partial charge in [0, 0.05) is 5.92 Å². The van der Waals surface area contributed by atoms with Gasteiger partial charge in [-0.05, 0) is 28.3 Å². The van der Waals surface area contributed by atoms with Crippen molar-refractivity contribution in [2.45, 2.75) is 12.3 Å². The first-order chi connectivity index (χ1) is 9.88. The van der Waals surface area contributed by atoms with Gasteiger partial charge in [0.25, 0.3) is 0 Å². The highest BCUT2D eigenvalue weighted by molar-refractivity contribution is 5.85. The molecule has 3 aromatic rings. The zero-order chi connectivity index (χ0) is 13.8. The SMILES string of the molecule is C=CC(Cc1cccc2ccccc12)c1ccccc1. The van der Waals surface area contributed by atoms with Gasteiger partial charge in [0.2, 0.25) is 0 Å². The van der Waals surface area contributed by atoms with Crippen molar-refractivity contribution in [1.29, 1.82) is 0 Å². The molecule has 98 valence electrons. The number of rotatable bonds is 4. The average molecular weight is 258 g/mol. The third kappa shape index (κ3) is 2.50. The normalized spacial score (nSPS) is 12.2. The monoisotopic (exact) mass is 258 g/mol. The van der Waals surface area contributed by atoms with Crippen molar-refractivity contribution in [2.75, 3.05) is 0 Å². The van der Waals surface area contributed by atoms with Gasteiger partial charge in [-0.25, -0.2) is 0 Å². The fraction of sp³-hybridized carbons (Fsp3) is 0.100. The Balaban J connectivity index is 1.98. The first-order valence-corrected chi connectivity index (χ1v) is 7.02. The molecule has 0 aliphatic carbocycles. The van der Waals surface area contributed by atoms with E-state index in [1.807, 2.05) is 0 Å². The Morgan fingerprint density at radius 1 is 0.800 bits per heavy atom. The van der Waals surface area contributed by atoms with E-state index in [4.69, 9.17) is 0 Å². The largest absolute Gasteiger partial charge is 0.102 e. The molecule has 0 radical (unpaired) electrons. The maximum Gasteiger partial charge on any atom is 0.00559 e. The van der Waals surface area contributed by atoms with Gasteiger partial charge in [-0.1, -0.05) is 78.9 Å². The Labute approximate surface area is 120 Å². The van der Waals surface area contributed by atoms with Gasteiger partial charge in [0.15, 0.2) is 0 Å². The zero-order valence-electron chi connectivity index (χ0n) is 11.5. The van der Waals surface area contributed by atoms with E-state index in [-0.39, 0.29) is 0 Å². The summed E-state index contributed by atoms with van der Waals surface area (Å²) >= 11 is 0. The molecule has 20 heavy (non-hydrogen) atoms. The molecule has 0 fully saturated rings. The summed E-state index contributed by atoms with van der Waals surface area (Å²) in [5.74, 6) is 0.363. The predicted octanol–water partition coefficient (Wildman–Crippen LogP) is 5.35. The van der Waals surface area contributed by atoms with Crippen LogP contribution >= 0.6 is 0 Å². The molecule has 0 saturated heterocycles. The van der Waals surface area contributed by atoms with Gasteiger partial charge in [0.05, 0.1) is 0 Å². The van der Waals surface area contributed by atoms with Crippen molar-refractivity contribution in [3.8, 4) is 0 Å². The van der Waals surface area contributed by atoms with E-state index in [0.29, 0.717) is 5.92 Å². The summed E-state index contributed by atoms with van der Waals surface area (Å²) in [7, 11) is 0. The van der Waals surface area contributed by atoms with Gasteiger partial charge < -0.3 is 0 Å². The molecule has 0 heterocycles. The molecule has 1 atom stereocenters. The van der Waals surface area contributed by atoms with Crippen molar-refractivity contribution in [1.82, 2.24) is 0 Å². The van der Waals surface area contributed by atoms with E-state index >= 15 is 0 Å². The summed E-state index contributed by atoms with van der Waals surface area (Å²) in [5.41, 5.74) is 2.72. The predicted molar refractivity (Wildman–Crippen MR) is 87.0 cm³/mol. The van der Waals surface area contributed by atoms with E-state index in [1.54, 1.807) is 0 Å². The highest BCUT2D eigenvalue weighted by Gasteiger charge is 2.10. The molecule has 0 aromatic heterocycles. The molecule has 0 bridgehead atoms. The summed E-state index contributed by atoms with van der Waals surface area (Å²) in [6.45, 7) is 4.01. The lowest BCUT2D eigenvalue weighted by Crippen LogP contribution is -2.00. The second-order valence-corrected chi connectivity index (χ2v) is 5.10. The summed E-state index contributed by atoms with van der Waals surface area (Å²) in [6, 6.07) is 25.7. The molecule has 0 spiro atoms. The number of hydrogen-bond donors (Lipinski definition) is 0. The van der Waals surface area contributed by atoms with Crippen molar-refractivity contribution in [3.05, 3.63) is 96.6 Å². The lowest BCUT2D eigenvalue weighted by atomic mass is 9.90. The van der Waals surface area contributed by atoms with E-state index in [9.17, 15) is 0 Å². The maximum absolute atomic E-state index is 4.01. The van der Waals surface area contributed by atoms with Crippen LogP contribution in [-0.2, 0) is 6.42 Å². The fourth-order valence-electron chi connectivity index (χ4n) is 2.74. The van der Waals surface area contributed by atoms with Crippen LogP contribution < -0.4 is 0 Å². The fourth-order valence-corrected chi connectivity index (χ4v) is 2.74. The molecule has 0 N–H and O–H groups in total. The van der Waals surface area contributed by atoms with Crippen molar-refractivity contribution < 1.29 is 0 Å². The van der Waals surface area contributed by atoms with E-state index in [0.717, 1.165) is 6.42 Å². The topological polar surface area (TPSA) is 0 Å². The van der Waals surface area contributed by atoms with Crippen molar-refractivity contribution in [3.63, 3.8) is 0 Å². The minimum Gasteiger partial charge on any atom is -0.102 e. The minimum absolute atomic E-state index is 0.363. The highest BCUT2D eigenvalue weighted by Crippen LogP contribution is 2.26. The van der Waals surface area contributed by atoms with Crippen molar-refractivity contribution in [2.24, 2.45) is 0 Å². The number of benzene rings is 3. The molecule has 0 heteroatoms. The minimum atomic E-state index is 0.363. The van der Waals surface area contributed by atoms with Crippen LogP contribution in [0.2, 0.25) is 0 Å². The van der Waals surface area contributed by atoms with Crippen LogP contribution in [0.25, 0.3) is 10.8 Å². The molecule has 0 saturated carbocycles. The Morgan fingerprint density at radius 3 is 2.30 bits per heavy atom. The van der Waals surface area contributed by atoms with Gasteiger partial charge in [-0.3, -0.25) is 0 Å². The lowest BCUT2D eigenvalue weighted by molar-refractivity contribution is 0.843. The number of fused-ring (bicyclic) bond motifs is 1. The smallest absolute Gasteiger partial charge is 0.00559 e. The van der Waals surface area contributed by atoms with E-state index in [2.05, 4.69) is 85.5 Å². The summed E-state index contributed by atoms with van der Waals surface area (Å²) < 4.78 is 0. The van der Waals surface area contributed by atoms with Crippen LogP contribution in [0.15, 0.2) is 85.5 Å². The summed E-state index contributed by atoms with van der Waals surface area (Å²) in [4.78, 5) is 0. The average Bonchev–Trinajstić information content (AvgIpc) is 2.53. The number of hydrogen-bond acceptors (Lipinski definition) is 0. The van der Waals surface area contributed by atoms with Crippen LogP contribution in [0.1, 0.15) is 17.0 Å². The molecular formula is C20H18. The lowest BCUT2D eigenvalue weighted by Gasteiger charge is -2.14. The van der Waals surface area contributed by atoms with E-state index < -0.39 is 0 Å². The zero-order valence-corrected chi connectivity index (χ0v) is 11.5. The van der Waals surface area contributed by atoms with Crippen LogP contribution in [0, 0.1) is 0 Å². The Hall–Kier alpha value is -2.34. The Kier molecular flexibility index (Phi) is 3.64. The second kappa shape index (κ2) is 5.75. The Bertz CT molecular complexity index is 705. The standard InChI is InChI=1S/C20H18/c1-2-16(17-9-4-3-5-10-17)15-19-13-8-12-18-11-6-7-14-20(18)19/h2-14,16H,1,15H2. The van der Waals surface area contributed by atoms with Gasteiger partial charge in [-0.2, -0.15) is 0 Å². The third-order valence-electron chi connectivity index (χ3n) is 3.83. The molecule has 1 unspecified atom stereocenters. The third-order valence-corrected chi connectivity index (χ3v) is 3.83. The molecular weight excluding hydrogens is 240 g/mol. The quantitative estimate of drug-likeness (QED) is 0.553. The maximum atomic E-state index is 4.01. The van der Waals surface area contributed by atoms with Crippen molar-refractivity contribution >= 4 is 10.8 Å². The summed E-state index contributed by atoms with van der Waals surface area (Å²) in [6.07, 6.45) is 3.05. The second-order valence-electron chi connectivity index (χ2n) is 5.10. The summed E-state index contributed by atoms with van der Waals surface area (Å²) in [5, 5.41) is 2.65. The van der Waals surface area contributed by atoms with E-state index in [1.165, 1.54) is 21.9 Å². The first kappa shape index (κ1) is 12.7. The van der Waals surface area contributed by atoms with Crippen LogP contribution in [0.4, 0.5) is 0 Å². The first-order valence-electron chi connectivity index (χ1n) is 7.02. The van der Waals surface area contributed by atoms with Crippen LogP contribution in [0.3, 0.4) is 0 Å². The number of allylic oxidation sites excluding steroid dienone is 1. The molecule has 0 nitrogen and oxygen atoms in total. The molecule has 0 amide bonds. The van der Waals surface area contributed by atoms with Gasteiger partial charge in [-0.15, -0.1) is 6.58 Å². The highest BCUT2D eigenvalue weighted by atomic mass is 14.1.